The smallest absolute Gasteiger partial charge is 0.216 e. The van der Waals surface area contributed by atoms with Crippen LogP contribution in [0.3, 0.4) is 0 Å². The molecule has 0 aliphatic carbocycles. The number of nitrogens with zero attached hydrogens (tertiary/aromatic N) is 1. The molecule has 6 heteroatoms. The van der Waals surface area contributed by atoms with Crippen molar-refractivity contribution < 1.29 is 17.9 Å². The Labute approximate surface area is 173 Å². The van der Waals surface area contributed by atoms with E-state index < -0.39 is 9.84 Å². The maximum Gasteiger partial charge on any atom is 0.216 e. The number of benzene rings is 2. The minimum absolute atomic E-state index is 0.0878. The second kappa shape index (κ2) is 11.3. The standard InChI is InChI=1S/C23H27NO4S/c1-3-5-6-10-15-28-22-14-13-19(17-23(22)27-4-2)16-21(18-24)29(25,26)20-11-8-7-9-12-20/h7-9,11-14,16-17H,3-6,10,15H2,1-2H3. The molecular formula is C23H27NO4S. The SMILES string of the molecule is CCCCCCOc1ccc(C=C(C#N)S(=O)(=O)c2ccccc2)cc1OCC. The molecule has 0 spiro atoms. The van der Waals surface area contributed by atoms with Crippen LogP contribution in [0.15, 0.2) is 58.3 Å². The van der Waals surface area contributed by atoms with E-state index in [1.54, 1.807) is 36.4 Å². The van der Waals surface area contributed by atoms with Gasteiger partial charge in [-0.1, -0.05) is 50.5 Å². The lowest BCUT2D eigenvalue weighted by atomic mass is 10.2. The van der Waals surface area contributed by atoms with E-state index in [0.717, 1.165) is 12.8 Å². The molecule has 0 atom stereocenters. The number of unbranched alkanes of at least 4 members (excludes halogenated alkanes) is 3. The number of hydrogen-bond donors (Lipinski definition) is 0. The van der Waals surface area contributed by atoms with Crippen LogP contribution in [-0.4, -0.2) is 21.6 Å². The maximum absolute atomic E-state index is 12.7. The van der Waals surface area contributed by atoms with Crippen molar-refractivity contribution in [3.05, 3.63) is 59.0 Å². The molecule has 0 unspecified atom stereocenters. The third kappa shape index (κ3) is 6.37. The lowest BCUT2D eigenvalue weighted by Gasteiger charge is -2.13. The molecule has 0 aliphatic heterocycles. The van der Waals surface area contributed by atoms with E-state index in [1.165, 1.54) is 31.1 Å². The van der Waals surface area contributed by atoms with Crippen molar-refractivity contribution in [2.75, 3.05) is 13.2 Å². The molecule has 2 rings (SSSR count). The van der Waals surface area contributed by atoms with E-state index in [0.29, 0.717) is 30.3 Å². The van der Waals surface area contributed by atoms with E-state index in [-0.39, 0.29) is 9.80 Å². The van der Waals surface area contributed by atoms with Gasteiger partial charge in [-0.3, -0.25) is 0 Å². The summed E-state index contributed by atoms with van der Waals surface area (Å²) in [5, 5.41) is 9.45. The Bertz CT molecular complexity index is 960. The van der Waals surface area contributed by atoms with Crippen molar-refractivity contribution in [1.29, 1.82) is 5.26 Å². The Hall–Kier alpha value is -2.78. The lowest BCUT2D eigenvalue weighted by molar-refractivity contribution is 0.270. The Kier molecular flexibility index (Phi) is 8.75. The van der Waals surface area contributed by atoms with Gasteiger partial charge in [0.15, 0.2) is 11.5 Å². The number of nitriles is 1. The first-order valence-corrected chi connectivity index (χ1v) is 11.3. The topological polar surface area (TPSA) is 76.4 Å². The van der Waals surface area contributed by atoms with Gasteiger partial charge in [-0.05, 0) is 49.2 Å². The number of rotatable bonds is 11. The summed E-state index contributed by atoms with van der Waals surface area (Å²) in [6.07, 6.45) is 5.78. The average molecular weight is 414 g/mol. The van der Waals surface area contributed by atoms with Gasteiger partial charge in [-0.15, -0.1) is 0 Å². The van der Waals surface area contributed by atoms with E-state index in [4.69, 9.17) is 9.47 Å². The molecule has 29 heavy (non-hydrogen) atoms. The zero-order valence-corrected chi connectivity index (χ0v) is 17.7. The van der Waals surface area contributed by atoms with Crippen molar-refractivity contribution in [1.82, 2.24) is 0 Å². The van der Waals surface area contributed by atoms with E-state index >= 15 is 0 Å². The van der Waals surface area contributed by atoms with Crippen molar-refractivity contribution in [3.63, 3.8) is 0 Å². The van der Waals surface area contributed by atoms with Crippen LogP contribution < -0.4 is 9.47 Å². The molecular weight excluding hydrogens is 386 g/mol. The molecule has 0 saturated heterocycles. The number of sulfone groups is 1. The number of ether oxygens (including phenoxy) is 2. The summed E-state index contributed by atoms with van der Waals surface area (Å²) < 4.78 is 36.9. The second-order valence-corrected chi connectivity index (χ2v) is 8.40. The fourth-order valence-corrected chi connectivity index (χ4v) is 3.94. The molecule has 0 N–H and O–H groups in total. The van der Waals surface area contributed by atoms with Gasteiger partial charge in [0, 0.05) is 0 Å². The summed E-state index contributed by atoms with van der Waals surface area (Å²) >= 11 is 0. The van der Waals surface area contributed by atoms with Crippen LogP contribution in [-0.2, 0) is 9.84 Å². The Morgan fingerprint density at radius 1 is 1.00 bits per heavy atom. The molecule has 0 fully saturated rings. The first-order chi connectivity index (χ1) is 14.0. The minimum atomic E-state index is -3.88. The number of hydrogen-bond acceptors (Lipinski definition) is 5. The van der Waals surface area contributed by atoms with E-state index in [2.05, 4.69) is 6.92 Å². The summed E-state index contributed by atoms with van der Waals surface area (Å²) in [7, 11) is -3.88. The summed E-state index contributed by atoms with van der Waals surface area (Å²) in [5.74, 6) is 1.15. The fourth-order valence-electron chi connectivity index (χ4n) is 2.76. The Morgan fingerprint density at radius 3 is 2.41 bits per heavy atom. The molecule has 2 aromatic rings. The molecule has 154 valence electrons. The third-order valence-corrected chi connectivity index (χ3v) is 5.95. The largest absolute Gasteiger partial charge is 0.490 e. The molecule has 0 saturated carbocycles. The summed E-state index contributed by atoms with van der Waals surface area (Å²) in [6, 6.07) is 14.9. The molecule has 0 aromatic heterocycles. The highest BCUT2D eigenvalue weighted by Gasteiger charge is 2.20. The monoisotopic (exact) mass is 413 g/mol. The maximum atomic E-state index is 12.7. The van der Waals surface area contributed by atoms with Crippen molar-refractivity contribution in [2.45, 2.75) is 44.4 Å². The van der Waals surface area contributed by atoms with Crippen LogP contribution in [0.1, 0.15) is 45.1 Å². The Balaban J connectivity index is 2.26. The highest BCUT2D eigenvalue weighted by molar-refractivity contribution is 7.95. The van der Waals surface area contributed by atoms with Gasteiger partial charge in [0.2, 0.25) is 9.84 Å². The molecule has 0 amide bonds. The first-order valence-electron chi connectivity index (χ1n) is 9.84. The molecule has 0 radical (unpaired) electrons. The zero-order valence-electron chi connectivity index (χ0n) is 16.9. The van der Waals surface area contributed by atoms with Gasteiger partial charge in [0.05, 0.1) is 18.1 Å². The van der Waals surface area contributed by atoms with Gasteiger partial charge >= 0.3 is 0 Å². The van der Waals surface area contributed by atoms with Crippen LogP contribution in [0.2, 0.25) is 0 Å². The van der Waals surface area contributed by atoms with Crippen molar-refractivity contribution >= 4 is 15.9 Å². The van der Waals surface area contributed by atoms with Gasteiger partial charge in [0.1, 0.15) is 11.0 Å². The number of allylic oxidation sites excluding steroid dienone is 1. The van der Waals surface area contributed by atoms with Crippen molar-refractivity contribution in [2.24, 2.45) is 0 Å². The third-order valence-electron chi connectivity index (χ3n) is 4.27. The molecule has 0 bridgehead atoms. The molecule has 0 aliphatic rings. The molecule has 5 nitrogen and oxygen atoms in total. The lowest BCUT2D eigenvalue weighted by Crippen LogP contribution is -2.04. The predicted octanol–water partition coefficient (Wildman–Crippen LogP) is 5.38. The zero-order chi connectivity index (χ0) is 21.1. The first kappa shape index (κ1) is 22.5. The van der Waals surface area contributed by atoms with Gasteiger partial charge in [-0.2, -0.15) is 5.26 Å². The van der Waals surface area contributed by atoms with Crippen LogP contribution in [0.4, 0.5) is 0 Å². The van der Waals surface area contributed by atoms with Crippen LogP contribution in [0.25, 0.3) is 6.08 Å². The summed E-state index contributed by atoms with van der Waals surface area (Å²) in [4.78, 5) is -0.232. The molecule has 2 aromatic carbocycles. The van der Waals surface area contributed by atoms with E-state index in [9.17, 15) is 13.7 Å². The Morgan fingerprint density at radius 2 is 1.76 bits per heavy atom. The minimum Gasteiger partial charge on any atom is -0.490 e. The second-order valence-electron chi connectivity index (χ2n) is 6.49. The average Bonchev–Trinajstić information content (AvgIpc) is 2.73. The van der Waals surface area contributed by atoms with E-state index in [1.807, 2.05) is 13.0 Å². The summed E-state index contributed by atoms with van der Waals surface area (Å²) in [5.41, 5.74) is 0.558. The highest BCUT2D eigenvalue weighted by Crippen LogP contribution is 2.30. The van der Waals surface area contributed by atoms with Crippen LogP contribution >= 0.6 is 0 Å². The highest BCUT2D eigenvalue weighted by atomic mass is 32.2. The van der Waals surface area contributed by atoms with Gasteiger partial charge < -0.3 is 9.47 Å². The summed E-state index contributed by atoms with van der Waals surface area (Å²) in [6.45, 7) is 5.08. The van der Waals surface area contributed by atoms with Crippen LogP contribution in [0.5, 0.6) is 11.5 Å². The quantitative estimate of drug-likeness (QED) is 0.365. The fraction of sp³-hybridized carbons (Fsp3) is 0.348. The van der Waals surface area contributed by atoms with Gasteiger partial charge in [-0.25, -0.2) is 8.42 Å². The van der Waals surface area contributed by atoms with Gasteiger partial charge in [0.25, 0.3) is 0 Å². The molecule has 0 heterocycles. The van der Waals surface area contributed by atoms with Crippen molar-refractivity contribution in [3.8, 4) is 17.6 Å². The predicted molar refractivity (Wildman–Crippen MR) is 114 cm³/mol. The van der Waals surface area contributed by atoms with Crippen LogP contribution in [0, 0.1) is 11.3 Å². The normalized spacial score (nSPS) is 11.7.